The molecule has 5 heteroatoms. The van der Waals surface area contributed by atoms with Crippen LogP contribution in [0.1, 0.15) is 6.42 Å². The van der Waals surface area contributed by atoms with Crippen molar-refractivity contribution in [2.24, 2.45) is 0 Å². The second-order valence-corrected chi connectivity index (χ2v) is 4.42. The lowest BCUT2D eigenvalue weighted by Crippen LogP contribution is -2.28. The molecule has 0 saturated heterocycles. The van der Waals surface area contributed by atoms with Gasteiger partial charge in [-0.2, -0.15) is 0 Å². The van der Waals surface area contributed by atoms with Crippen molar-refractivity contribution in [3.63, 3.8) is 0 Å². The van der Waals surface area contributed by atoms with Crippen LogP contribution in [0.25, 0.3) is 11.0 Å². The number of ether oxygens (including phenoxy) is 1. The summed E-state index contributed by atoms with van der Waals surface area (Å²) >= 11 is 0. The molecule has 0 aliphatic carbocycles. The van der Waals surface area contributed by atoms with E-state index in [0.29, 0.717) is 11.4 Å². The predicted octanol–water partition coefficient (Wildman–Crippen LogP) is 1.47. The Morgan fingerprint density at radius 2 is 2.18 bits per heavy atom. The predicted molar refractivity (Wildman–Crippen MR) is 68.6 cm³/mol. The number of fused-ring (bicyclic) bond motifs is 3. The average molecular weight is 232 g/mol. The zero-order valence-corrected chi connectivity index (χ0v) is 10.1. The molecule has 1 aliphatic rings. The monoisotopic (exact) mass is 232 g/mol. The van der Waals surface area contributed by atoms with Gasteiger partial charge in [-0.3, -0.25) is 0 Å². The first kappa shape index (κ1) is 10.3. The van der Waals surface area contributed by atoms with Gasteiger partial charge in [0.05, 0.1) is 23.8 Å². The Labute approximate surface area is 99.8 Å². The average Bonchev–Trinajstić information content (AvgIpc) is 2.68. The maximum atomic E-state index is 5.94. The van der Waals surface area contributed by atoms with E-state index in [9.17, 15) is 0 Å². The fourth-order valence-electron chi connectivity index (χ4n) is 2.41. The highest BCUT2D eigenvalue weighted by atomic mass is 16.5. The van der Waals surface area contributed by atoms with Gasteiger partial charge >= 0.3 is 0 Å². The Hall–Kier alpha value is -1.91. The summed E-state index contributed by atoms with van der Waals surface area (Å²) in [6.45, 7) is 2.05. The normalized spacial score (nSPS) is 15.1. The van der Waals surface area contributed by atoms with Gasteiger partial charge in [0.25, 0.3) is 0 Å². The molecule has 3 rings (SSSR count). The van der Waals surface area contributed by atoms with Gasteiger partial charge in [0, 0.05) is 26.2 Å². The lowest BCUT2D eigenvalue weighted by atomic mass is 10.2. The standard InChI is InChI=1S/C12H16N4O/c1-15-4-3-5-16-10-6-8(13)11(17-2)7-9(10)14-12(15)16/h6-7H,3-5,13H2,1-2H3. The molecule has 17 heavy (non-hydrogen) atoms. The van der Waals surface area contributed by atoms with Crippen molar-refractivity contribution in [1.29, 1.82) is 0 Å². The molecule has 0 bridgehead atoms. The van der Waals surface area contributed by atoms with E-state index in [1.807, 2.05) is 12.1 Å². The first-order valence-corrected chi connectivity index (χ1v) is 5.75. The van der Waals surface area contributed by atoms with E-state index in [2.05, 4.69) is 21.5 Å². The molecule has 1 aromatic heterocycles. The third-order valence-electron chi connectivity index (χ3n) is 3.30. The van der Waals surface area contributed by atoms with Crippen LogP contribution in [-0.2, 0) is 6.54 Å². The van der Waals surface area contributed by atoms with Crippen LogP contribution in [0.2, 0.25) is 0 Å². The number of anilines is 2. The van der Waals surface area contributed by atoms with Gasteiger partial charge in [-0.25, -0.2) is 4.98 Å². The minimum Gasteiger partial charge on any atom is -0.495 e. The molecule has 0 radical (unpaired) electrons. The highest BCUT2D eigenvalue weighted by Crippen LogP contribution is 2.32. The summed E-state index contributed by atoms with van der Waals surface area (Å²) in [7, 11) is 3.69. The van der Waals surface area contributed by atoms with Crippen molar-refractivity contribution < 1.29 is 4.74 Å². The van der Waals surface area contributed by atoms with Gasteiger partial charge < -0.3 is 19.9 Å². The van der Waals surface area contributed by atoms with Gasteiger partial charge in [-0.05, 0) is 12.5 Å². The largest absolute Gasteiger partial charge is 0.495 e. The Balaban J connectivity index is 2.27. The van der Waals surface area contributed by atoms with Crippen molar-refractivity contribution >= 4 is 22.7 Å². The van der Waals surface area contributed by atoms with Crippen LogP contribution in [0.3, 0.4) is 0 Å². The summed E-state index contributed by atoms with van der Waals surface area (Å²) in [4.78, 5) is 6.81. The van der Waals surface area contributed by atoms with Gasteiger partial charge in [0.2, 0.25) is 5.95 Å². The highest BCUT2D eigenvalue weighted by molar-refractivity contribution is 5.85. The minimum atomic E-state index is 0.663. The number of nitrogens with two attached hydrogens (primary N) is 1. The number of hydrogen-bond acceptors (Lipinski definition) is 4. The van der Waals surface area contributed by atoms with E-state index in [1.54, 1.807) is 7.11 Å². The van der Waals surface area contributed by atoms with Crippen molar-refractivity contribution in [3.8, 4) is 5.75 Å². The van der Waals surface area contributed by atoms with Gasteiger partial charge in [-0.1, -0.05) is 0 Å². The molecule has 90 valence electrons. The summed E-state index contributed by atoms with van der Waals surface area (Å²) < 4.78 is 7.44. The second-order valence-electron chi connectivity index (χ2n) is 4.42. The lowest BCUT2D eigenvalue weighted by Gasteiger charge is -2.25. The molecule has 0 atom stereocenters. The van der Waals surface area contributed by atoms with Crippen LogP contribution in [0.4, 0.5) is 11.6 Å². The highest BCUT2D eigenvalue weighted by Gasteiger charge is 2.19. The van der Waals surface area contributed by atoms with Crippen molar-refractivity contribution in [1.82, 2.24) is 9.55 Å². The van der Waals surface area contributed by atoms with Crippen LogP contribution < -0.4 is 15.4 Å². The van der Waals surface area contributed by atoms with Gasteiger partial charge in [0.1, 0.15) is 5.75 Å². The maximum absolute atomic E-state index is 5.94. The molecule has 0 amide bonds. The molecular weight excluding hydrogens is 216 g/mol. The molecule has 2 heterocycles. The third kappa shape index (κ3) is 1.42. The van der Waals surface area contributed by atoms with Crippen LogP contribution >= 0.6 is 0 Å². The molecule has 0 fully saturated rings. The SMILES string of the molecule is COc1cc2nc3n(c2cc1N)CCCN3C. The third-order valence-corrected chi connectivity index (χ3v) is 3.30. The second kappa shape index (κ2) is 3.55. The fourth-order valence-corrected chi connectivity index (χ4v) is 2.41. The Morgan fingerprint density at radius 1 is 1.35 bits per heavy atom. The number of nitrogens with zero attached hydrogens (tertiary/aromatic N) is 3. The Bertz CT molecular complexity index is 575. The van der Waals surface area contributed by atoms with E-state index >= 15 is 0 Å². The van der Waals surface area contributed by atoms with Crippen LogP contribution in [0, 0.1) is 0 Å². The Kier molecular flexibility index (Phi) is 2.14. The minimum absolute atomic E-state index is 0.663. The Morgan fingerprint density at radius 3 is 2.94 bits per heavy atom. The lowest BCUT2D eigenvalue weighted by molar-refractivity contribution is 0.417. The van der Waals surface area contributed by atoms with E-state index in [0.717, 1.165) is 36.5 Å². The first-order chi connectivity index (χ1) is 8.20. The maximum Gasteiger partial charge on any atom is 0.206 e. The number of imidazole rings is 1. The van der Waals surface area contributed by atoms with Gasteiger partial charge in [0.15, 0.2) is 0 Å². The van der Waals surface area contributed by atoms with Crippen molar-refractivity contribution in [2.75, 3.05) is 31.3 Å². The van der Waals surface area contributed by atoms with Gasteiger partial charge in [-0.15, -0.1) is 0 Å². The van der Waals surface area contributed by atoms with E-state index in [1.165, 1.54) is 0 Å². The van der Waals surface area contributed by atoms with E-state index in [-0.39, 0.29) is 0 Å². The summed E-state index contributed by atoms with van der Waals surface area (Å²) in [5.74, 6) is 1.70. The van der Waals surface area contributed by atoms with Crippen LogP contribution in [-0.4, -0.2) is 30.3 Å². The molecule has 1 aromatic carbocycles. The zero-order chi connectivity index (χ0) is 12.0. The number of methoxy groups -OCH3 is 1. The summed E-state index contributed by atoms with van der Waals surface area (Å²) in [5.41, 5.74) is 8.64. The smallest absolute Gasteiger partial charge is 0.206 e. The molecule has 2 N–H and O–H groups in total. The van der Waals surface area contributed by atoms with Crippen molar-refractivity contribution in [2.45, 2.75) is 13.0 Å². The molecule has 0 unspecified atom stereocenters. The van der Waals surface area contributed by atoms with E-state index in [4.69, 9.17) is 10.5 Å². The summed E-state index contributed by atoms with van der Waals surface area (Å²) in [5, 5.41) is 0. The summed E-state index contributed by atoms with van der Waals surface area (Å²) in [6.07, 6.45) is 1.14. The number of hydrogen-bond donors (Lipinski definition) is 1. The topological polar surface area (TPSA) is 56.3 Å². The van der Waals surface area contributed by atoms with Crippen molar-refractivity contribution in [3.05, 3.63) is 12.1 Å². The number of nitrogen functional groups attached to an aromatic ring is 1. The first-order valence-electron chi connectivity index (χ1n) is 5.75. The fraction of sp³-hybridized carbons (Fsp3) is 0.417. The zero-order valence-electron chi connectivity index (χ0n) is 10.1. The number of aromatic nitrogens is 2. The molecule has 5 nitrogen and oxygen atoms in total. The molecule has 1 aliphatic heterocycles. The molecule has 0 saturated carbocycles. The van der Waals surface area contributed by atoms with Crippen LogP contribution in [0.15, 0.2) is 12.1 Å². The quantitative estimate of drug-likeness (QED) is 0.756. The molecule has 2 aromatic rings. The molecular formula is C12H16N4O. The van der Waals surface area contributed by atoms with Crippen LogP contribution in [0.5, 0.6) is 5.75 Å². The summed E-state index contributed by atoms with van der Waals surface area (Å²) in [6, 6.07) is 3.85. The number of aryl methyl sites for hydroxylation is 1. The van der Waals surface area contributed by atoms with E-state index < -0.39 is 0 Å². The number of benzene rings is 1. The number of rotatable bonds is 1. The molecule has 0 spiro atoms.